The first kappa shape index (κ1) is 18.8. The highest BCUT2D eigenvalue weighted by Crippen LogP contribution is 2.31. The van der Waals surface area contributed by atoms with E-state index in [1.807, 2.05) is 43.3 Å². The van der Waals surface area contributed by atoms with Crippen LogP contribution in [-0.4, -0.2) is 37.6 Å². The largest absolute Gasteiger partial charge is 0.371 e. The van der Waals surface area contributed by atoms with E-state index in [2.05, 4.69) is 5.32 Å². The third-order valence-corrected chi connectivity index (χ3v) is 4.74. The number of benzene rings is 2. The van der Waals surface area contributed by atoms with E-state index < -0.39 is 5.82 Å². The fourth-order valence-corrected chi connectivity index (χ4v) is 3.34. The Bertz CT molecular complexity index is 797. The third kappa shape index (κ3) is 4.23. The number of halogens is 2. The molecule has 0 saturated carbocycles. The molecule has 1 heterocycles. The second kappa shape index (κ2) is 8.16. The molecule has 26 heavy (non-hydrogen) atoms. The van der Waals surface area contributed by atoms with E-state index in [4.69, 9.17) is 16.3 Å². The Hall–Kier alpha value is -1.95. The summed E-state index contributed by atoms with van der Waals surface area (Å²) in [6.07, 6.45) is 0.294. The van der Waals surface area contributed by atoms with Crippen LogP contribution in [0.5, 0.6) is 0 Å². The van der Waals surface area contributed by atoms with Crippen LogP contribution in [0.3, 0.4) is 0 Å². The van der Waals surface area contributed by atoms with Gasteiger partial charge in [-0.2, -0.15) is 0 Å². The number of ether oxygens (including phenoxy) is 1. The third-order valence-electron chi connectivity index (χ3n) is 4.43. The molecule has 2 aromatic carbocycles. The van der Waals surface area contributed by atoms with Crippen molar-refractivity contribution in [3.63, 3.8) is 0 Å². The maximum atomic E-state index is 13.8. The quantitative estimate of drug-likeness (QED) is 0.863. The summed E-state index contributed by atoms with van der Waals surface area (Å²) < 4.78 is 19.5. The van der Waals surface area contributed by atoms with E-state index in [9.17, 15) is 9.18 Å². The van der Waals surface area contributed by atoms with Gasteiger partial charge in [0, 0.05) is 18.7 Å². The lowest BCUT2D eigenvalue weighted by Crippen LogP contribution is -2.37. The molecule has 138 valence electrons. The van der Waals surface area contributed by atoms with Crippen LogP contribution >= 0.6 is 11.6 Å². The van der Waals surface area contributed by atoms with Gasteiger partial charge in [0.15, 0.2) is 0 Å². The van der Waals surface area contributed by atoms with Crippen molar-refractivity contribution in [1.82, 2.24) is 10.2 Å². The standard InChI is InChI=1S/C20H22ClFN2O2/c1-24(2)12-14-5-3-4-6-15(14)20(25)23-18-9-10-26-19(18)13-7-8-16(21)17(22)11-13/h3-8,11,18-19H,9-10,12H2,1-2H3,(H,23,25)/t18-,19-/m0/s1. The molecule has 2 atom stereocenters. The SMILES string of the molecule is CN(C)Cc1ccccc1C(=O)N[C@H]1CCO[C@H]1c1ccc(Cl)c(F)c1. The van der Waals surface area contributed by atoms with E-state index in [1.54, 1.807) is 6.07 Å². The van der Waals surface area contributed by atoms with Gasteiger partial charge in [0.25, 0.3) is 5.91 Å². The molecule has 6 heteroatoms. The van der Waals surface area contributed by atoms with Crippen LogP contribution in [0.25, 0.3) is 0 Å². The lowest BCUT2D eigenvalue weighted by atomic mass is 10.0. The summed E-state index contributed by atoms with van der Waals surface area (Å²) in [5.41, 5.74) is 2.29. The summed E-state index contributed by atoms with van der Waals surface area (Å²) in [5, 5.41) is 3.13. The summed E-state index contributed by atoms with van der Waals surface area (Å²) in [5.74, 6) is -0.626. The summed E-state index contributed by atoms with van der Waals surface area (Å²) in [7, 11) is 3.93. The number of amides is 1. The fourth-order valence-electron chi connectivity index (χ4n) is 3.22. The summed E-state index contributed by atoms with van der Waals surface area (Å²) in [6.45, 7) is 1.19. The van der Waals surface area contributed by atoms with Crippen molar-refractivity contribution in [2.24, 2.45) is 0 Å². The molecule has 1 aliphatic rings. The first-order valence-electron chi connectivity index (χ1n) is 8.55. The minimum atomic E-state index is -0.485. The van der Waals surface area contributed by atoms with Crippen LogP contribution in [0, 0.1) is 5.82 Å². The van der Waals surface area contributed by atoms with E-state index >= 15 is 0 Å². The Balaban J connectivity index is 1.77. The first-order valence-corrected chi connectivity index (χ1v) is 8.93. The lowest BCUT2D eigenvalue weighted by Gasteiger charge is -2.21. The van der Waals surface area contributed by atoms with Gasteiger partial charge >= 0.3 is 0 Å². The molecule has 1 amide bonds. The summed E-state index contributed by atoms with van der Waals surface area (Å²) in [6, 6.07) is 12.0. The molecular formula is C20H22ClFN2O2. The monoisotopic (exact) mass is 376 g/mol. The number of nitrogens with zero attached hydrogens (tertiary/aromatic N) is 1. The second-order valence-corrected chi connectivity index (χ2v) is 7.14. The normalized spacial score (nSPS) is 19.7. The van der Waals surface area contributed by atoms with Crippen molar-refractivity contribution in [2.45, 2.75) is 25.1 Å². The van der Waals surface area contributed by atoms with Crippen molar-refractivity contribution in [3.05, 3.63) is 70.0 Å². The smallest absolute Gasteiger partial charge is 0.251 e. The molecule has 1 saturated heterocycles. The molecule has 2 aromatic rings. The predicted molar refractivity (Wildman–Crippen MR) is 99.8 cm³/mol. The van der Waals surface area contributed by atoms with Crippen molar-refractivity contribution >= 4 is 17.5 Å². The predicted octanol–water partition coefficient (Wildman–Crippen LogP) is 3.80. The van der Waals surface area contributed by atoms with Crippen LogP contribution in [0.4, 0.5) is 4.39 Å². The van der Waals surface area contributed by atoms with Gasteiger partial charge < -0.3 is 15.0 Å². The Morgan fingerprint density at radius 3 is 2.81 bits per heavy atom. The van der Waals surface area contributed by atoms with Crippen molar-refractivity contribution in [1.29, 1.82) is 0 Å². The molecule has 4 nitrogen and oxygen atoms in total. The minimum absolute atomic E-state index is 0.0740. The van der Waals surface area contributed by atoms with Gasteiger partial charge in [0.05, 0.1) is 11.1 Å². The van der Waals surface area contributed by atoms with Gasteiger partial charge in [0.2, 0.25) is 0 Å². The average molecular weight is 377 g/mol. The van der Waals surface area contributed by atoms with Gasteiger partial charge in [-0.1, -0.05) is 35.9 Å². The molecule has 0 radical (unpaired) electrons. The molecular weight excluding hydrogens is 355 g/mol. The Morgan fingerprint density at radius 2 is 2.08 bits per heavy atom. The summed E-state index contributed by atoms with van der Waals surface area (Å²) in [4.78, 5) is 14.8. The van der Waals surface area contributed by atoms with Crippen molar-refractivity contribution in [3.8, 4) is 0 Å². The number of hydrogen-bond acceptors (Lipinski definition) is 3. The molecule has 0 aliphatic carbocycles. The topological polar surface area (TPSA) is 41.6 Å². The number of carbonyl (C=O) groups excluding carboxylic acids is 1. The molecule has 0 unspecified atom stereocenters. The zero-order chi connectivity index (χ0) is 18.7. The number of rotatable bonds is 5. The molecule has 0 aromatic heterocycles. The molecule has 1 N–H and O–H groups in total. The Kier molecular flexibility index (Phi) is 5.91. The maximum Gasteiger partial charge on any atom is 0.251 e. The first-order chi connectivity index (χ1) is 12.5. The highest BCUT2D eigenvalue weighted by Gasteiger charge is 2.32. The molecule has 1 aliphatic heterocycles. The summed E-state index contributed by atoms with van der Waals surface area (Å²) >= 11 is 5.76. The van der Waals surface area contributed by atoms with Gasteiger partial charge in [-0.3, -0.25) is 4.79 Å². The van der Waals surface area contributed by atoms with E-state index in [0.717, 1.165) is 5.56 Å². The molecule has 1 fully saturated rings. The van der Waals surface area contributed by atoms with Gasteiger partial charge in [-0.15, -0.1) is 0 Å². The lowest BCUT2D eigenvalue weighted by molar-refractivity contribution is 0.0819. The Labute approximate surface area is 157 Å². The average Bonchev–Trinajstić information content (AvgIpc) is 3.05. The molecule has 0 bridgehead atoms. The van der Waals surface area contributed by atoms with Crippen LogP contribution in [0.15, 0.2) is 42.5 Å². The number of hydrogen-bond donors (Lipinski definition) is 1. The van der Waals surface area contributed by atoms with E-state index in [-0.39, 0.29) is 23.1 Å². The van der Waals surface area contributed by atoms with Crippen molar-refractivity contribution in [2.75, 3.05) is 20.7 Å². The fraction of sp³-hybridized carbons (Fsp3) is 0.350. The van der Waals surface area contributed by atoms with Crippen molar-refractivity contribution < 1.29 is 13.9 Å². The highest BCUT2D eigenvalue weighted by molar-refractivity contribution is 6.30. The maximum absolute atomic E-state index is 13.8. The minimum Gasteiger partial charge on any atom is -0.371 e. The van der Waals surface area contributed by atoms with Gasteiger partial charge in [0.1, 0.15) is 11.9 Å². The Morgan fingerprint density at radius 1 is 1.31 bits per heavy atom. The van der Waals surface area contributed by atoms with E-state index in [0.29, 0.717) is 30.7 Å². The van der Waals surface area contributed by atoms with Gasteiger partial charge in [-0.05, 0) is 49.8 Å². The molecule has 0 spiro atoms. The number of carbonyl (C=O) groups is 1. The second-order valence-electron chi connectivity index (χ2n) is 6.73. The zero-order valence-corrected chi connectivity index (χ0v) is 15.6. The van der Waals surface area contributed by atoms with E-state index in [1.165, 1.54) is 12.1 Å². The van der Waals surface area contributed by atoms with Crippen LogP contribution in [-0.2, 0) is 11.3 Å². The van der Waals surface area contributed by atoms with Crippen LogP contribution in [0.2, 0.25) is 5.02 Å². The highest BCUT2D eigenvalue weighted by atomic mass is 35.5. The molecule has 3 rings (SSSR count). The van der Waals surface area contributed by atoms with Crippen LogP contribution in [0.1, 0.15) is 34.0 Å². The number of nitrogens with one attached hydrogen (secondary N) is 1. The van der Waals surface area contributed by atoms with Gasteiger partial charge in [-0.25, -0.2) is 4.39 Å². The zero-order valence-electron chi connectivity index (χ0n) is 14.8. The van der Waals surface area contributed by atoms with Crippen LogP contribution < -0.4 is 5.32 Å².